The molecule has 0 spiro atoms. The van der Waals surface area contributed by atoms with E-state index in [-0.39, 0.29) is 12.0 Å². The van der Waals surface area contributed by atoms with Crippen molar-refractivity contribution in [2.75, 3.05) is 18.4 Å². The smallest absolute Gasteiger partial charge is 0.410 e. The summed E-state index contributed by atoms with van der Waals surface area (Å²) in [5.74, 6) is 0.694. The number of halogens is 1. The third-order valence-corrected chi connectivity index (χ3v) is 7.19. The first kappa shape index (κ1) is 28.4. The Kier molecular flexibility index (Phi) is 8.48. The zero-order valence-corrected chi connectivity index (χ0v) is 23.5. The highest BCUT2D eigenvalue weighted by molar-refractivity contribution is 7.88. The van der Waals surface area contributed by atoms with Crippen molar-refractivity contribution >= 4 is 39.8 Å². The van der Waals surface area contributed by atoms with Gasteiger partial charge in [-0.25, -0.2) is 19.0 Å². The van der Waals surface area contributed by atoms with Crippen molar-refractivity contribution in [2.24, 2.45) is 0 Å². The highest BCUT2D eigenvalue weighted by Crippen LogP contribution is 2.27. The summed E-state index contributed by atoms with van der Waals surface area (Å²) in [5.41, 5.74) is 1.61. The number of rotatable bonds is 7. The number of hydrogen-bond donors (Lipinski definition) is 3. The Bertz CT molecular complexity index is 1440. The molecule has 0 atom stereocenters. The van der Waals surface area contributed by atoms with Gasteiger partial charge < -0.3 is 9.64 Å². The Morgan fingerprint density at radius 1 is 1.05 bits per heavy atom. The number of anilines is 1. The number of likely N-dealkylation sites (tertiary alicyclic amines) is 1. The topological polar surface area (TPSA) is 135 Å². The van der Waals surface area contributed by atoms with Crippen molar-refractivity contribution in [3.8, 4) is 11.4 Å². The van der Waals surface area contributed by atoms with E-state index >= 15 is 0 Å². The molecule has 2 heterocycles. The molecule has 13 heteroatoms. The van der Waals surface area contributed by atoms with E-state index < -0.39 is 22.3 Å². The van der Waals surface area contributed by atoms with Crippen LogP contribution >= 0.6 is 11.6 Å². The lowest BCUT2D eigenvalue weighted by molar-refractivity contribution is 0.214. The van der Waals surface area contributed by atoms with Crippen molar-refractivity contribution in [3.63, 3.8) is 0 Å². The maximum absolute atomic E-state index is 12.7. The van der Waals surface area contributed by atoms with Gasteiger partial charge in [-0.15, -0.1) is 0 Å². The molecule has 2 aromatic carbocycles. The van der Waals surface area contributed by atoms with Gasteiger partial charge in [-0.2, -0.15) is 18.2 Å². The molecule has 1 aliphatic heterocycles. The molecule has 0 radical (unpaired) electrons. The molecule has 3 aromatic rings. The Hall–Kier alpha value is -3.61. The first-order valence-electron chi connectivity index (χ1n) is 12.4. The summed E-state index contributed by atoms with van der Waals surface area (Å²) in [5, 5.41) is 7.94. The van der Waals surface area contributed by atoms with Crippen LogP contribution in [0, 0.1) is 0 Å². The number of urea groups is 1. The zero-order chi connectivity index (χ0) is 28.2. The summed E-state index contributed by atoms with van der Waals surface area (Å²) in [6, 6.07) is 14.5. The summed E-state index contributed by atoms with van der Waals surface area (Å²) in [6.45, 7) is 7.00. The van der Waals surface area contributed by atoms with E-state index in [2.05, 4.69) is 19.9 Å². The second-order valence-electron chi connectivity index (χ2n) is 10.1. The molecule has 3 amide bonds. The monoisotopic (exact) mass is 574 g/mol. The molecule has 1 aliphatic rings. The second kappa shape index (κ2) is 11.6. The van der Waals surface area contributed by atoms with Gasteiger partial charge in [-0.1, -0.05) is 44.5 Å². The lowest BCUT2D eigenvalue weighted by Gasteiger charge is -2.16. The third-order valence-electron chi connectivity index (χ3n) is 5.97. The van der Waals surface area contributed by atoms with Crippen molar-refractivity contribution in [2.45, 2.75) is 45.6 Å². The summed E-state index contributed by atoms with van der Waals surface area (Å²) >= 11 is 5.90. The average molecular weight is 575 g/mol. The Morgan fingerprint density at radius 3 is 2.41 bits per heavy atom. The number of nitrogens with zero attached hydrogens (tertiary/aromatic N) is 3. The van der Waals surface area contributed by atoms with Gasteiger partial charge in [0.15, 0.2) is 0 Å². The molecule has 208 valence electrons. The van der Waals surface area contributed by atoms with E-state index in [0.29, 0.717) is 40.9 Å². The van der Waals surface area contributed by atoms with E-state index in [9.17, 15) is 18.0 Å². The zero-order valence-electron chi connectivity index (χ0n) is 21.9. The van der Waals surface area contributed by atoms with Gasteiger partial charge in [-0.05, 0) is 54.8 Å². The fourth-order valence-corrected chi connectivity index (χ4v) is 4.80. The van der Waals surface area contributed by atoms with Crippen LogP contribution in [-0.4, -0.2) is 48.3 Å². The van der Waals surface area contributed by atoms with Crippen molar-refractivity contribution in [3.05, 3.63) is 70.9 Å². The normalized spacial score (nSPS) is 13.8. The number of carbonyl (C=O) groups excluding carboxylic acids is 2. The van der Waals surface area contributed by atoms with Crippen LogP contribution < -0.4 is 19.5 Å². The Morgan fingerprint density at radius 2 is 1.74 bits per heavy atom. The van der Waals surface area contributed by atoms with Crippen LogP contribution in [0.15, 0.2) is 54.6 Å². The van der Waals surface area contributed by atoms with Crippen molar-refractivity contribution in [1.29, 1.82) is 0 Å². The molecule has 0 saturated carbocycles. The first-order valence-corrected chi connectivity index (χ1v) is 14.3. The van der Waals surface area contributed by atoms with Crippen molar-refractivity contribution < 1.29 is 22.7 Å². The number of amides is 3. The highest BCUT2D eigenvalue weighted by atomic mass is 35.5. The molecule has 0 unspecified atom stereocenters. The molecular weight excluding hydrogens is 544 g/mol. The molecular formula is C26H31ClN6O5S. The van der Waals surface area contributed by atoms with E-state index in [1.54, 1.807) is 59.3 Å². The summed E-state index contributed by atoms with van der Waals surface area (Å²) < 4.78 is 36.2. The minimum atomic E-state index is -4.06. The fraction of sp³-hybridized carbons (Fsp3) is 0.346. The van der Waals surface area contributed by atoms with Gasteiger partial charge in [-0.3, -0.25) is 5.32 Å². The van der Waals surface area contributed by atoms with E-state index in [1.807, 2.05) is 20.8 Å². The predicted molar refractivity (Wildman–Crippen MR) is 148 cm³/mol. The molecule has 0 aliphatic carbocycles. The summed E-state index contributed by atoms with van der Waals surface area (Å²) in [6.07, 6.45) is 0.998. The van der Waals surface area contributed by atoms with Crippen LogP contribution in [0.2, 0.25) is 5.02 Å². The molecule has 1 aromatic heterocycles. The molecule has 11 nitrogen and oxygen atoms in total. The maximum Gasteiger partial charge on any atom is 0.418 e. The van der Waals surface area contributed by atoms with E-state index in [1.165, 1.54) is 4.90 Å². The van der Waals surface area contributed by atoms with Gasteiger partial charge in [0.2, 0.25) is 0 Å². The van der Waals surface area contributed by atoms with E-state index in [0.717, 1.165) is 18.5 Å². The molecule has 0 bridgehead atoms. The van der Waals surface area contributed by atoms with Gasteiger partial charge in [0.25, 0.3) is 0 Å². The minimum absolute atomic E-state index is 0.0643. The molecule has 39 heavy (non-hydrogen) atoms. The van der Waals surface area contributed by atoms with Crippen LogP contribution in [0.5, 0.6) is 5.75 Å². The minimum Gasteiger partial charge on any atom is -0.410 e. The standard InChI is InChI=1S/C26H31ClN6O5S/c1-26(2,3)22-16-23(29-25(35)38-21-11-9-19(27)10-12-21)33(30-22)20-8-6-7-18(15-20)17-28-39(36,37)31-24(34)32-13-4-5-14-32/h6-12,15-16,28H,4-5,13-14,17H2,1-3H3,(H,29,35)(H,31,34). The molecule has 1 saturated heterocycles. The number of ether oxygens (including phenoxy) is 1. The molecule has 4 rings (SSSR count). The van der Waals surface area contributed by atoms with Crippen LogP contribution in [0.1, 0.15) is 44.9 Å². The largest absolute Gasteiger partial charge is 0.418 e. The van der Waals surface area contributed by atoms with Gasteiger partial charge in [0, 0.05) is 36.1 Å². The SMILES string of the molecule is CC(C)(C)c1cc(NC(=O)Oc2ccc(Cl)cc2)n(-c2cccc(CNS(=O)(=O)NC(=O)N3CCCC3)c2)n1. The Labute approximate surface area is 232 Å². The quantitative estimate of drug-likeness (QED) is 0.378. The average Bonchev–Trinajstić information content (AvgIpc) is 3.55. The lowest BCUT2D eigenvalue weighted by atomic mass is 9.92. The van der Waals surface area contributed by atoms with Gasteiger partial charge >= 0.3 is 22.3 Å². The summed E-state index contributed by atoms with van der Waals surface area (Å²) in [4.78, 5) is 26.3. The predicted octanol–water partition coefficient (Wildman–Crippen LogP) is 4.57. The lowest BCUT2D eigenvalue weighted by Crippen LogP contribution is -2.46. The number of carbonyl (C=O) groups is 2. The fourth-order valence-electron chi connectivity index (χ4n) is 3.89. The molecule has 1 fully saturated rings. The van der Waals surface area contributed by atoms with Crippen molar-refractivity contribution in [1.82, 2.24) is 24.1 Å². The second-order valence-corrected chi connectivity index (χ2v) is 12.1. The number of benzene rings is 2. The maximum atomic E-state index is 12.7. The van der Waals surface area contributed by atoms with Crippen LogP contribution in [0.3, 0.4) is 0 Å². The summed E-state index contributed by atoms with van der Waals surface area (Å²) in [7, 11) is -4.06. The molecule has 3 N–H and O–H groups in total. The number of hydrogen-bond acceptors (Lipinski definition) is 6. The van der Waals surface area contributed by atoms with Gasteiger partial charge in [0.1, 0.15) is 11.6 Å². The first-order chi connectivity index (χ1) is 18.4. The Balaban J connectivity index is 1.50. The number of aromatic nitrogens is 2. The number of nitrogens with one attached hydrogen (secondary N) is 3. The van der Waals surface area contributed by atoms with Crippen LogP contribution in [0.25, 0.3) is 5.69 Å². The van der Waals surface area contributed by atoms with Gasteiger partial charge in [0.05, 0.1) is 11.4 Å². The van der Waals surface area contributed by atoms with Crippen LogP contribution in [-0.2, 0) is 22.2 Å². The highest BCUT2D eigenvalue weighted by Gasteiger charge is 2.24. The van der Waals surface area contributed by atoms with Crippen LogP contribution in [0.4, 0.5) is 15.4 Å². The third kappa shape index (κ3) is 7.71. The van der Waals surface area contributed by atoms with E-state index in [4.69, 9.17) is 16.3 Å².